The lowest BCUT2D eigenvalue weighted by molar-refractivity contribution is -0.144. The quantitative estimate of drug-likeness (QED) is 0.0103. The maximum atomic E-state index is 11.5. The van der Waals surface area contributed by atoms with Crippen LogP contribution in [-0.2, 0) is 14.3 Å². The smallest absolute Gasteiger partial charge is 0.322 e. The molecule has 24 heteroatoms. The molecule has 0 saturated carbocycles. The molecule has 4 aromatic carbocycles. The number of aliphatic hydroxyl groups is 2. The van der Waals surface area contributed by atoms with E-state index in [1.54, 1.807) is 140 Å². The number of benzene rings is 4. The number of ether oxygens (including phenoxy) is 1. The summed E-state index contributed by atoms with van der Waals surface area (Å²) in [4.78, 5) is 42.5. The number of alkyl halides is 2. The molecule has 0 atom stereocenters. The molecule has 0 fully saturated rings. The van der Waals surface area contributed by atoms with Gasteiger partial charge in [-0.05, 0) is 133 Å². The van der Waals surface area contributed by atoms with Gasteiger partial charge in [-0.15, -0.1) is 45.3 Å². The van der Waals surface area contributed by atoms with Gasteiger partial charge in [0.2, 0.25) is 4.69 Å². The van der Waals surface area contributed by atoms with Crippen molar-refractivity contribution >= 4 is 224 Å². The van der Waals surface area contributed by atoms with E-state index in [2.05, 4.69) is 155 Å². The summed E-state index contributed by atoms with van der Waals surface area (Å²) in [6.07, 6.45) is 0. The lowest BCUT2D eigenvalue weighted by Crippen LogP contribution is -2.27. The van der Waals surface area contributed by atoms with Gasteiger partial charge in [-0.3, -0.25) is 9.59 Å². The molecule has 8 rings (SSSR count). The first-order valence-corrected chi connectivity index (χ1v) is 35.4. The normalized spacial score (nSPS) is 11.1. The summed E-state index contributed by atoms with van der Waals surface area (Å²) in [7, 11) is 6.54. The number of aliphatic hydroxyl groups excluding tert-OH is 2. The van der Waals surface area contributed by atoms with Gasteiger partial charge in [0.05, 0.1) is 63.5 Å². The van der Waals surface area contributed by atoms with Gasteiger partial charge in [-0.25, -0.2) is 19.9 Å². The molecule has 0 spiro atoms. The largest absolute Gasteiger partial charge is 0.464 e. The van der Waals surface area contributed by atoms with Gasteiger partial charge >= 0.3 is 5.97 Å². The fourth-order valence-electron chi connectivity index (χ4n) is 4.96. The molecule has 0 radical (unpaired) electrons. The average molecular weight is 1390 g/mol. The standard InChI is InChI=1S/C15H10N2S4.C13H14BrNO2S3.C9H9NOS3.C6H15N.C4H6Br2O.C2H6OS/c1-3-7-12-10(5-1)16-14(20-12)18-9-19-15-17-11-6-2-4-8-13(11)21-15;1-13(2,14)11(16)17-7-8-18-20-12-15-9-5-3-4-6-10(9)19-12;11-5-6-12-14-9-10-7-3-1-2-4-8(7)13-9;1-4-7(5-2)6-3;1-4(2,6)3(5)7;3-1-2-4/h1-8H,9H2;3-6H,7-8H2,1-2H3;1-4,11H,5-6H2;4-6H2,1-3H3;1-2H3;3-4H,1-2H2. The summed E-state index contributed by atoms with van der Waals surface area (Å²) in [5.74, 6) is 1.83. The minimum atomic E-state index is -0.613. The summed E-state index contributed by atoms with van der Waals surface area (Å²) < 4.78 is 13.4. The van der Waals surface area contributed by atoms with Crippen molar-refractivity contribution < 1.29 is 24.5 Å². The van der Waals surface area contributed by atoms with Crippen LogP contribution >= 0.6 is 172 Å². The minimum Gasteiger partial charge on any atom is -0.464 e. The number of hydrogen-bond acceptors (Lipinski definition) is 21. The summed E-state index contributed by atoms with van der Waals surface area (Å²) in [5, 5.41) is 17.4. The predicted octanol–water partition coefficient (Wildman–Crippen LogP) is 16.9. The Morgan fingerprint density at radius 3 is 1.21 bits per heavy atom. The van der Waals surface area contributed by atoms with E-state index in [0.717, 1.165) is 56.0 Å². The van der Waals surface area contributed by atoms with E-state index in [-0.39, 0.29) is 23.9 Å². The number of para-hydroxylation sites is 4. The van der Waals surface area contributed by atoms with Gasteiger partial charge in [0.1, 0.15) is 10.9 Å². The van der Waals surface area contributed by atoms with Gasteiger partial charge < -0.3 is 19.8 Å². The molecule has 398 valence electrons. The molecular weight excluding hydrogens is 1330 g/mol. The van der Waals surface area contributed by atoms with Crippen LogP contribution in [0.25, 0.3) is 40.9 Å². The van der Waals surface area contributed by atoms with Crippen LogP contribution in [0, 0.1) is 0 Å². The lowest BCUT2D eigenvalue weighted by Gasteiger charge is -2.14. The van der Waals surface area contributed by atoms with Crippen LogP contribution in [-0.4, -0.2) is 116 Å². The molecule has 0 amide bonds. The van der Waals surface area contributed by atoms with E-state index in [1.807, 2.05) is 48.5 Å². The molecule has 0 bridgehead atoms. The van der Waals surface area contributed by atoms with E-state index in [4.69, 9.17) is 14.9 Å². The molecule has 8 aromatic rings. The number of nitrogens with zero attached hydrogens (tertiary/aromatic N) is 5. The maximum absolute atomic E-state index is 11.5. The van der Waals surface area contributed by atoms with E-state index < -0.39 is 8.65 Å². The van der Waals surface area contributed by atoms with Gasteiger partial charge in [0.15, 0.2) is 17.4 Å². The Morgan fingerprint density at radius 2 is 0.918 bits per heavy atom. The Morgan fingerprint density at radius 1 is 0.589 bits per heavy atom. The number of carbonyl (C=O) groups is 2. The van der Waals surface area contributed by atoms with Crippen LogP contribution in [0.2, 0.25) is 0 Å². The lowest BCUT2D eigenvalue weighted by atomic mass is 10.2. The summed E-state index contributed by atoms with van der Waals surface area (Å²) in [6, 6.07) is 32.8. The number of aromatic nitrogens is 4. The molecular formula is C49H60Br3N5O5S11. The highest BCUT2D eigenvalue weighted by Crippen LogP contribution is 2.38. The van der Waals surface area contributed by atoms with E-state index in [9.17, 15) is 9.59 Å². The summed E-state index contributed by atoms with van der Waals surface area (Å²) in [6.45, 7) is 18.1. The SMILES string of the molecule is CC(C)(Br)C(=O)Br.CC(C)(Br)C(=O)OCCSSc1nc2ccccc2s1.CCN(CC)CC.OCCS.OCCSSc1nc2ccccc2s1.c1ccc2sc(SCSc3nc4ccccc4s3)nc2c1. The zero-order valence-electron chi connectivity index (χ0n) is 41.3. The van der Waals surface area contributed by atoms with E-state index in [1.165, 1.54) is 38.4 Å². The van der Waals surface area contributed by atoms with Crippen molar-refractivity contribution in [1.29, 1.82) is 0 Å². The van der Waals surface area contributed by atoms with Gasteiger partial charge in [-0.1, -0.05) is 146 Å². The first kappa shape index (κ1) is 66.6. The van der Waals surface area contributed by atoms with Crippen molar-refractivity contribution in [2.24, 2.45) is 0 Å². The zero-order chi connectivity index (χ0) is 53.7. The van der Waals surface area contributed by atoms with Crippen molar-refractivity contribution in [1.82, 2.24) is 24.8 Å². The first-order valence-electron chi connectivity index (χ1n) is 22.5. The third-order valence-electron chi connectivity index (χ3n) is 8.69. The van der Waals surface area contributed by atoms with Crippen LogP contribution in [0.3, 0.4) is 0 Å². The number of rotatable bonds is 19. The summed E-state index contributed by atoms with van der Waals surface area (Å²) in [5.41, 5.74) is 4.28. The Kier molecular flexibility index (Phi) is 34.0. The second-order valence-electron chi connectivity index (χ2n) is 15.2. The van der Waals surface area contributed by atoms with Crippen LogP contribution < -0.4 is 0 Å². The highest BCUT2D eigenvalue weighted by molar-refractivity contribution is 9.20. The fourth-order valence-corrected chi connectivity index (χ4v) is 16.0. The van der Waals surface area contributed by atoms with Gasteiger partial charge in [-0.2, -0.15) is 12.6 Å². The second kappa shape index (κ2) is 37.3. The monoisotopic (exact) mass is 1390 g/mol. The number of thiol groups is 1. The number of thioether (sulfide) groups is 2. The molecule has 4 aromatic heterocycles. The van der Waals surface area contributed by atoms with Crippen molar-refractivity contribution in [3.05, 3.63) is 97.1 Å². The second-order valence-corrected chi connectivity index (χ2v) is 32.5. The highest BCUT2D eigenvalue weighted by Gasteiger charge is 2.25. The van der Waals surface area contributed by atoms with Crippen LogP contribution in [0.5, 0.6) is 0 Å². The number of thiazole rings is 4. The predicted molar refractivity (Wildman–Crippen MR) is 344 cm³/mol. The zero-order valence-corrected chi connectivity index (χ0v) is 55.1. The Hall–Kier alpha value is -0.650. The number of carbonyl (C=O) groups excluding carboxylic acids is 2. The topological polar surface area (TPSA) is 139 Å². The van der Waals surface area contributed by atoms with E-state index >= 15 is 0 Å². The van der Waals surface area contributed by atoms with Crippen LogP contribution in [0.15, 0.2) is 114 Å². The average Bonchev–Trinajstić information content (AvgIpc) is 4.19. The number of halogens is 3. The maximum Gasteiger partial charge on any atom is 0.322 e. The van der Waals surface area contributed by atoms with Gasteiger partial charge in [0.25, 0.3) is 0 Å². The third-order valence-corrected chi connectivity index (χ3v) is 22.9. The Balaban J connectivity index is 0.000000251. The minimum absolute atomic E-state index is 0.0278. The first-order chi connectivity index (χ1) is 34.9. The fraction of sp³-hybridized carbons (Fsp3) is 0.388. The van der Waals surface area contributed by atoms with Crippen LogP contribution in [0.1, 0.15) is 48.5 Å². The summed E-state index contributed by atoms with van der Waals surface area (Å²) >= 11 is 23.4. The number of esters is 1. The van der Waals surface area contributed by atoms with Crippen molar-refractivity contribution in [2.45, 2.75) is 74.5 Å². The third kappa shape index (κ3) is 26.7. The molecule has 10 nitrogen and oxygen atoms in total. The Labute approximate surface area is 501 Å². The molecule has 4 heterocycles. The molecule has 0 unspecified atom stereocenters. The molecule has 0 aliphatic carbocycles. The van der Waals surface area contributed by atoms with Crippen molar-refractivity contribution in [2.75, 3.05) is 61.8 Å². The molecule has 0 saturated heterocycles. The van der Waals surface area contributed by atoms with Gasteiger partial charge in [0, 0.05) is 17.3 Å². The van der Waals surface area contributed by atoms with Crippen LogP contribution in [0.4, 0.5) is 0 Å². The van der Waals surface area contributed by atoms with Crippen molar-refractivity contribution in [3.63, 3.8) is 0 Å². The molecule has 0 aliphatic rings. The van der Waals surface area contributed by atoms with E-state index in [0.29, 0.717) is 12.4 Å². The Bertz CT molecular complexity index is 2580. The number of hydrogen-bond donors (Lipinski definition) is 3. The molecule has 73 heavy (non-hydrogen) atoms. The highest BCUT2D eigenvalue weighted by atomic mass is 79.9. The number of fused-ring (bicyclic) bond motifs is 4. The van der Waals surface area contributed by atoms with Crippen molar-refractivity contribution in [3.8, 4) is 0 Å². The molecule has 0 aliphatic heterocycles. The molecule has 2 N–H and O–H groups in total.